The molecule has 30 heavy (non-hydrogen) atoms. The lowest BCUT2D eigenvalue weighted by atomic mass is 10.1. The van der Waals surface area contributed by atoms with E-state index in [1.165, 1.54) is 4.68 Å². The third kappa shape index (κ3) is 5.02. The van der Waals surface area contributed by atoms with Crippen LogP contribution < -0.4 is 22.0 Å². The summed E-state index contributed by atoms with van der Waals surface area (Å²) in [5.74, 6) is 0.229. The Hall–Kier alpha value is -3.68. The van der Waals surface area contributed by atoms with Gasteiger partial charge in [0.05, 0.1) is 18.7 Å². The number of anilines is 1. The van der Waals surface area contributed by atoms with E-state index in [2.05, 4.69) is 20.7 Å². The van der Waals surface area contributed by atoms with Crippen LogP contribution in [0.4, 0.5) is 5.82 Å². The van der Waals surface area contributed by atoms with Crippen molar-refractivity contribution < 1.29 is 4.79 Å². The zero-order valence-electron chi connectivity index (χ0n) is 17.4. The molecular weight excluding hydrogens is 380 g/mol. The highest BCUT2D eigenvalue weighted by atomic mass is 16.2. The first-order valence-electron chi connectivity index (χ1n) is 9.69. The predicted molar refractivity (Wildman–Crippen MR) is 116 cm³/mol. The number of carbonyl (C=O) groups excluding carboxylic acids is 1. The van der Waals surface area contributed by atoms with E-state index >= 15 is 0 Å². The molecule has 4 N–H and O–H groups in total. The Morgan fingerprint density at radius 2 is 1.90 bits per heavy atom. The minimum atomic E-state index is -0.248. The monoisotopic (exact) mass is 406 g/mol. The lowest BCUT2D eigenvalue weighted by molar-refractivity contribution is -0.120. The summed E-state index contributed by atoms with van der Waals surface area (Å²) in [6, 6.07) is 9.19. The van der Waals surface area contributed by atoms with E-state index < -0.39 is 0 Å². The first kappa shape index (κ1) is 21.0. The second-order valence-electron chi connectivity index (χ2n) is 7.19. The summed E-state index contributed by atoms with van der Waals surface area (Å²) in [6.45, 7) is 6.35. The fourth-order valence-corrected chi connectivity index (χ4v) is 3.24. The van der Waals surface area contributed by atoms with Gasteiger partial charge in [-0.3, -0.25) is 14.6 Å². The van der Waals surface area contributed by atoms with Crippen molar-refractivity contribution in [1.29, 1.82) is 0 Å². The molecule has 0 spiro atoms. The Bertz CT molecular complexity index is 1090. The number of hydrogen-bond donors (Lipinski definition) is 3. The summed E-state index contributed by atoms with van der Waals surface area (Å²) in [5.41, 5.74) is 13.3. The first-order chi connectivity index (χ1) is 14.3. The molecular formula is C22H26N6O2. The average molecular weight is 406 g/mol. The van der Waals surface area contributed by atoms with Crippen molar-refractivity contribution in [3.63, 3.8) is 0 Å². The van der Waals surface area contributed by atoms with E-state index in [4.69, 9.17) is 5.73 Å². The van der Waals surface area contributed by atoms with Gasteiger partial charge in [-0.25, -0.2) is 9.66 Å². The van der Waals surface area contributed by atoms with Crippen LogP contribution in [-0.2, 0) is 24.3 Å². The molecule has 156 valence electrons. The van der Waals surface area contributed by atoms with Gasteiger partial charge >= 0.3 is 0 Å². The van der Waals surface area contributed by atoms with Crippen LogP contribution in [0.25, 0.3) is 0 Å². The number of aromatic nitrogens is 3. The molecule has 3 aromatic heterocycles. The van der Waals surface area contributed by atoms with Gasteiger partial charge in [0.2, 0.25) is 5.91 Å². The molecule has 0 aliphatic heterocycles. The maximum Gasteiger partial charge on any atom is 0.272 e. The minimum Gasteiger partial charge on any atom is -0.384 e. The highest BCUT2D eigenvalue weighted by Crippen LogP contribution is 2.14. The number of rotatable bonds is 7. The highest BCUT2D eigenvalue weighted by Gasteiger charge is 2.13. The van der Waals surface area contributed by atoms with Crippen LogP contribution in [0.2, 0.25) is 0 Å². The van der Waals surface area contributed by atoms with Crippen LogP contribution >= 0.6 is 0 Å². The number of carbonyl (C=O) groups is 1. The summed E-state index contributed by atoms with van der Waals surface area (Å²) in [5, 5.41) is 2.88. The fraction of sp³-hybridized carbons (Fsp3) is 0.273. The predicted octanol–water partition coefficient (Wildman–Crippen LogP) is 1.75. The Balaban J connectivity index is 1.68. The second kappa shape index (κ2) is 9.21. The number of nitrogens with two attached hydrogens (primary N) is 1. The third-order valence-electron chi connectivity index (χ3n) is 4.96. The molecule has 0 aromatic carbocycles. The van der Waals surface area contributed by atoms with E-state index in [1.807, 2.05) is 45.0 Å². The van der Waals surface area contributed by atoms with Crippen molar-refractivity contribution in [1.82, 2.24) is 20.0 Å². The number of nitrogens with one attached hydrogen (secondary N) is 2. The van der Waals surface area contributed by atoms with Crippen LogP contribution in [0.5, 0.6) is 0 Å². The molecule has 0 bridgehead atoms. The molecule has 0 radical (unpaired) electrons. The van der Waals surface area contributed by atoms with Crippen LogP contribution in [-0.4, -0.2) is 20.6 Å². The standard InChI is InChI=1S/C22H26N6O2/c1-14-7-9-28(26-12-17-6-4-5-8-24-17)22(30)18(14)11-21(29)25-13-19-15(2)10-20(23)27-16(19)3/h4-10,26H,11-13H2,1-3H3,(H2,23,27)(H,25,29). The van der Waals surface area contributed by atoms with E-state index in [0.717, 1.165) is 28.1 Å². The molecule has 8 heteroatoms. The van der Waals surface area contributed by atoms with Gasteiger partial charge in [0.1, 0.15) is 5.82 Å². The van der Waals surface area contributed by atoms with Crippen LogP contribution in [0.3, 0.4) is 0 Å². The van der Waals surface area contributed by atoms with Crippen molar-refractivity contribution >= 4 is 11.7 Å². The van der Waals surface area contributed by atoms with Gasteiger partial charge in [0.25, 0.3) is 5.56 Å². The molecule has 3 rings (SSSR count). The van der Waals surface area contributed by atoms with Gasteiger partial charge in [0, 0.05) is 30.2 Å². The summed E-state index contributed by atoms with van der Waals surface area (Å²) in [6.07, 6.45) is 3.36. The Morgan fingerprint density at radius 3 is 2.60 bits per heavy atom. The molecule has 1 amide bonds. The maximum atomic E-state index is 12.8. The minimum absolute atomic E-state index is 0.00271. The summed E-state index contributed by atoms with van der Waals surface area (Å²) in [4.78, 5) is 33.8. The number of nitrogens with zero attached hydrogens (tertiary/aromatic N) is 3. The van der Waals surface area contributed by atoms with Crippen molar-refractivity contribution in [3.05, 3.63) is 86.7 Å². The SMILES string of the molecule is Cc1cc(N)nc(C)c1CNC(=O)Cc1c(C)ccn(NCc2ccccn2)c1=O. The molecule has 0 unspecified atom stereocenters. The van der Waals surface area contributed by atoms with E-state index in [0.29, 0.717) is 24.5 Å². The molecule has 0 atom stereocenters. The molecule has 0 aliphatic carbocycles. The van der Waals surface area contributed by atoms with Crippen molar-refractivity contribution in [3.8, 4) is 0 Å². The molecule has 3 heterocycles. The Kier molecular flexibility index (Phi) is 6.46. The average Bonchev–Trinajstić information content (AvgIpc) is 2.70. The Morgan fingerprint density at radius 1 is 1.10 bits per heavy atom. The van der Waals surface area contributed by atoms with Gasteiger partial charge in [-0.05, 0) is 61.7 Å². The van der Waals surface area contributed by atoms with Crippen molar-refractivity contribution in [2.45, 2.75) is 40.3 Å². The number of amides is 1. The quantitative estimate of drug-likeness (QED) is 0.551. The number of pyridine rings is 3. The lowest BCUT2D eigenvalue weighted by Crippen LogP contribution is -2.34. The third-order valence-corrected chi connectivity index (χ3v) is 4.96. The van der Waals surface area contributed by atoms with Gasteiger partial charge < -0.3 is 16.5 Å². The summed E-state index contributed by atoms with van der Waals surface area (Å²) >= 11 is 0. The van der Waals surface area contributed by atoms with Crippen molar-refractivity contribution in [2.24, 2.45) is 0 Å². The zero-order valence-corrected chi connectivity index (χ0v) is 17.4. The lowest BCUT2D eigenvalue weighted by Gasteiger charge is -2.14. The summed E-state index contributed by atoms with van der Waals surface area (Å²) in [7, 11) is 0. The summed E-state index contributed by atoms with van der Waals surface area (Å²) < 4.78 is 1.39. The van der Waals surface area contributed by atoms with Crippen LogP contribution in [0, 0.1) is 20.8 Å². The highest BCUT2D eigenvalue weighted by molar-refractivity contribution is 5.78. The van der Waals surface area contributed by atoms with Crippen molar-refractivity contribution in [2.75, 3.05) is 11.2 Å². The largest absolute Gasteiger partial charge is 0.384 e. The number of aryl methyl sites for hydroxylation is 3. The smallest absolute Gasteiger partial charge is 0.272 e. The van der Waals surface area contributed by atoms with E-state index in [9.17, 15) is 9.59 Å². The van der Waals surface area contributed by atoms with Crippen LogP contribution in [0.1, 0.15) is 33.6 Å². The molecule has 0 aliphatic rings. The molecule has 8 nitrogen and oxygen atoms in total. The topological polar surface area (TPSA) is 115 Å². The van der Waals surface area contributed by atoms with Gasteiger partial charge in [0.15, 0.2) is 0 Å². The second-order valence-corrected chi connectivity index (χ2v) is 7.19. The van der Waals surface area contributed by atoms with Gasteiger partial charge in [-0.1, -0.05) is 6.07 Å². The Labute approximate surface area is 175 Å². The van der Waals surface area contributed by atoms with E-state index in [1.54, 1.807) is 18.5 Å². The maximum absolute atomic E-state index is 12.8. The number of nitrogen functional groups attached to an aromatic ring is 1. The number of hydrogen-bond acceptors (Lipinski definition) is 6. The van der Waals surface area contributed by atoms with Gasteiger partial charge in [-0.2, -0.15) is 0 Å². The molecule has 3 aromatic rings. The molecule has 0 saturated heterocycles. The molecule has 0 saturated carbocycles. The fourth-order valence-electron chi connectivity index (χ4n) is 3.24. The first-order valence-corrected chi connectivity index (χ1v) is 9.69. The normalized spacial score (nSPS) is 10.6. The van der Waals surface area contributed by atoms with Gasteiger partial charge in [-0.15, -0.1) is 0 Å². The zero-order chi connectivity index (χ0) is 21.7. The molecule has 0 fully saturated rings. The van der Waals surface area contributed by atoms with E-state index in [-0.39, 0.29) is 17.9 Å². The van der Waals surface area contributed by atoms with Crippen LogP contribution in [0.15, 0.2) is 47.5 Å².